The van der Waals surface area contributed by atoms with E-state index in [1.54, 1.807) is 19.4 Å². The van der Waals surface area contributed by atoms with Gasteiger partial charge in [0.25, 0.3) is 0 Å². The fourth-order valence-corrected chi connectivity index (χ4v) is 3.96. The summed E-state index contributed by atoms with van der Waals surface area (Å²) in [7, 11) is 1.55. The van der Waals surface area contributed by atoms with Crippen LogP contribution in [-0.2, 0) is 16.0 Å². The Balaban J connectivity index is 1.49. The largest absolute Gasteiger partial charge is 0.481 e. The molecule has 0 unspecified atom stereocenters. The van der Waals surface area contributed by atoms with Crippen molar-refractivity contribution in [2.75, 3.05) is 50.6 Å². The number of pyridine rings is 1. The van der Waals surface area contributed by atoms with E-state index in [2.05, 4.69) is 19.9 Å². The molecular weight excluding hydrogens is 372 g/mol. The van der Waals surface area contributed by atoms with E-state index in [1.165, 1.54) is 0 Å². The maximum Gasteiger partial charge on any atom is 0.225 e. The zero-order valence-corrected chi connectivity index (χ0v) is 16.5. The predicted octanol–water partition coefficient (Wildman–Crippen LogP) is 0.759. The third kappa shape index (κ3) is 4.56. The van der Waals surface area contributed by atoms with E-state index in [1.807, 2.05) is 23.2 Å². The number of nitrogens with zero attached hydrogens (tertiary/aromatic N) is 5. The summed E-state index contributed by atoms with van der Waals surface area (Å²) < 4.78 is 11.1. The summed E-state index contributed by atoms with van der Waals surface area (Å²) in [5.74, 6) is 1.67. The first-order chi connectivity index (χ1) is 14.1. The van der Waals surface area contributed by atoms with Crippen LogP contribution in [0.4, 0.5) is 11.8 Å². The van der Waals surface area contributed by atoms with Crippen LogP contribution in [0.15, 0.2) is 30.6 Å². The third-order valence-electron chi connectivity index (χ3n) is 5.38. The molecule has 1 amide bonds. The van der Waals surface area contributed by atoms with Crippen LogP contribution in [0, 0.1) is 5.92 Å². The SMILES string of the molecule is COc1cc(N2C[C@H]3COC[C@@H]2CN(C(=O)CCc2cccnc2)C3)nc(N)n1. The molecule has 2 saturated heterocycles. The average molecular weight is 398 g/mol. The number of nitrogens with two attached hydrogens (primary N) is 1. The van der Waals surface area contributed by atoms with Gasteiger partial charge in [0.1, 0.15) is 5.82 Å². The Labute approximate surface area is 169 Å². The van der Waals surface area contributed by atoms with Crippen molar-refractivity contribution in [2.45, 2.75) is 18.9 Å². The van der Waals surface area contributed by atoms with Gasteiger partial charge < -0.3 is 25.0 Å². The van der Waals surface area contributed by atoms with Gasteiger partial charge in [0.2, 0.25) is 17.7 Å². The summed E-state index contributed by atoms with van der Waals surface area (Å²) in [6.45, 7) is 3.17. The van der Waals surface area contributed by atoms with Gasteiger partial charge in [0.05, 0.1) is 26.4 Å². The summed E-state index contributed by atoms with van der Waals surface area (Å²) in [5.41, 5.74) is 6.93. The number of anilines is 2. The number of ether oxygens (including phenoxy) is 2. The number of aromatic nitrogens is 3. The maximum absolute atomic E-state index is 12.9. The van der Waals surface area contributed by atoms with Gasteiger partial charge in [-0.1, -0.05) is 6.07 Å². The summed E-state index contributed by atoms with van der Waals surface area (Å²) in [5, 5.41) is 0. The monoisotopic (exact) mass is 398 g/mol. The molecule has 0 spiro atoms. The number of amides is 1. The minimum atomic E-state index is 0.00356. The highest BCUT2D eigenvalue weighted by Gasteiger charge is 2.36. The normalized spacial score (nSPS) is 21.6. The lowest BCUT2D eigenvalue weighted by molar-refractivity contribution is -0.132. The summed E-state index contributed by atoms with van der Waals surface area (Å²) in [4.78, 5) is 29.7. The van der Waals surface area contributed by atoms with E-state index in [9.17, 15) is 4.79 Å². The van der Waals surface area contributed by atoms with Gasteiger partial charge in [0, 0.05) is 50.4 Å². The Bertz CT molecular complexity index is 849. The highest BCUT2D eigenvalue weighted by molar-refractivity contribution is 5.76. The third-order valence-corrected chi connectivity index (χ3v) is 5.38. The van der Waals surface area contributed by atoms with Crippen LogP contribution in [0.25, 0.3) is 0 Å². The van der Waals surface area contributed by atoms with E-state index >= 15 is 0 Å². The number of nitrogen functional groups attached to an aromatic ring is 1. The van der Waals surface area contributed by atoms with Crippen molar-refractivity contribution in [1.29, 1.82) is 0 Å². The number of carbonyl (C=O) groups excluding carboxylic acids is 1. The molecule has 2 N–H and O–H groups in total. The minimum Gasteiger partial charge on any atom is -0.481 e. The Kier molecular flexibility index (Phi) is 5.75. The Hall–Kier alpha value is -2.94. The second-order valence-electron chi connectivity index (χ2n) is 7.50. The van der Waals surface area contributed by atoms with Crippen molar-refractivity contribution < 1.29 is 14.3 Å². The highest BCUT2D eigenvalue weighted by Crippen LogP contribution is 2.27. The van der Waals surface area contributed by atoms with Crippen molar-refractivity contribution in [3.05, 3.63) is 36.2 Å². The average Bonchev–Trinajstić information content (AvgIpc) is 3.03. The van der Waals surface area contributed by atoms with Crippen LogP contribution in [0.3, 0.4) is 0 Å². The lowest BCUT2D eigenvalue weighted by Gasteiger charge is -2.32. The molecule has 29 heavy (non-hydrogen) atoms. The number of hydrogen-bond donors (Lipinski definition) is 1. The highest BCUT2D eigenvalue weighted by atomic mass is 16.5. The molecule has 0 aliphatic carbocycles. The number of aryl methyl sites for hydroxylation is 1. The first-order valence-electron chi connectivity index (χ1n) is 9.82. The standard InChI is InChI=1S/C20H26N6O3/c1-28-18-7-17(23-20(21)24-18)26-10-15-9-25(11-16(26)13-29-12-15)19(27)5-4-14-3-2-6-22-8-14/h2-3,6-8,15-16H,4-5,9-13H2,1H3,(H2,21,23,24)/t15-,16-/m0/s1. The molecule has 4 heterocycles. The van der Waals surface area contributed by atoms with Gasteiger partial charge in [0.15, 0.2) is 0 Å². The molecule has 2 aromatic heterocycles. The van der Waals surface area contributed by atoms with Crippen LogP contribution < -0.4 is 15.4 Å². The molecule has 2 fully saturated rings. The smallest absolute Gasteiger partial charge is 0.225 e. The first kappa shape index (κ1) is 19.4. The predicted molar refractivity (Wildman–Crippen MR) is 108 cm³/mol. The van der Waals surface area contributed by atoms with Crippen LogP contribution in [-0.4, -0.2) is 71.8 Å². The molecule has 4 rings (SSSR count). The number of fused-ring (bicyclic) bond motifs is 3. The van der Waals surface area contributed by atoms with Crippen molar-refractivity contribution in [1.82, 2.24) is 19.9 Å². The fourth-order valence-electron chi connectivity index (χ4n) is 3.96. The van der Waals surface area contributed by atoms with E-state index in [0.717, 1.165) is 12.1 Å². The first-order valence-corrected chi connectivity index (χ1v) is 9.82. The van der Waals surface area contributed by atoms with Crippen LogP contribution in [0.5, 0.6) is 5.88 Å². The van der Waals surface area contributed by atoms with Gasteiger partial charge in [-0.2, -0.15) is 9.97 Å². The van der Waals surface area contributed by atoms with Crippen LogP contribution in [0.1, 0.15) is 12.0 Å². The van der Waals surface area contributed by atoms with Gasteiger partial charge >= 0.3 is 0 Å². The lowest BCUT2D eigenvalue weighted by atomic mass is 10.1. The zero-order valence-electron chi connectivity index (χ0n) is 16.5. The molecule has 154 valence electrons. The second kappa shape index (κ2) is 8.60. The quantitative estimate of drug-likeness (QED) is 0.787. The molecule has 0 radical (unpaired) electrons. The molecule has 2 bridgehead atoms. The van der Waals surface area contributed by atoms with E-state index in [0.29, 0.717) is 50.8 Å². The Morgan fingerprint density at radius 3 is 3.00 bits per heavy atom. The van der Waals surface area contributed by atoms with Gasteiger partial charge in [-0.3, -0.25) is 9.78 Å². The second-order valence-corrected chi connectivity index (χ2v) is 7.50. The fraction of sp³-hybridized carbons (Fsp3) is 0.500. The Morgan fingerprint density at radius 1 is 1.31 bits per heavy atom. The molecule has 2 aliphatic rings. The van der Waals surface area contributed by atoms with Gasteiger partial charge in [-0.25, -0.2) is 0 Å². The maximum atomic E-state index is 12.9. The van der Waals surface area contributed by atoms with E-state index < -0.39 is 0 Å². The molecule has 9 nitrogen and oxygen atoms in total. The molecular formula is C20H26N6O3. The van der Waals surface area contributed by atoms with E-state index in [-0.39, 0.29) is 23.8 Å². The molecule has 2 aromatic rings. The lowest BCUT2D eigenvalue weighted by Crippen LogP contribution is -2.46. The summed E-state index contributed by atoms with van der Waals surface area (Å²) in [6, 6.07) is 5.68. The molecule has 2 atom stereocenters. The van der Waals surface area contributed by atoms with Crippen LogP contribution >= 0.6 is 0 Å². The number of rotatable bonds is 5. The van der Waals surface area contributed by atoms with Crippen molar-refractivity contribution >= 4 is 17.7 Å². The van der Waals surface area contributed by atoms with Crippen molar-refractivity contribution in [3.8, 4) is 5.88 Å². The van der Waals surface area contributed by atoms with E-state index in [4.69, 9.17) is 15.2 Å². The van der Waals surface area contributed by atoms with Crippen LogP contribution in [0.2, 0.25) is 0 Å². The van der Waals surface area contributed by atoms with Crippen molar-refractivity contribution in [2.24, 2.45) is 5.92 Å². The molecule has 0 aromatic carbocycles. The molecule has 9 heteroatoms. The number of carbonyl (C=O) groups is 1. The number of methoxy groups -OCH3 is 1. The molecule has 2 aliphatic heterocycles. The minimum absolute atomic E-state index is 0.00356. The summed E-state index contributed by atoms with van der Waals surface area (Å²) >= 11 is 0. The summed E-state index contributed by atoms with van der Waals surface area (Å²) in [6.07, 6.45) is 4.72. The Morgan fingerprint density at radius 2 is 2.21 bits per heavy atom. The van der Waals surface area contributed by atoms with Gasteiger partial charge in [-0.15, -0.1) is 0 Å². The topological polar surface area (TPSA) is 107 Å². The molecule has 0 saturated carbocycles. The van der Waals surface area contributed by atoms with Crippen molar-refractivity contribution in [3.63, 3.8) is 0 Å². The van der Waals surface area contributed by atoms with Gasteiger partial charge in [-0.05, 0) is 18.1 Å². The number of hydrogen-bond acceptors (Lipinski definition) is 8. The zero-order chi connectivity index (χ0) is 20.2.